The van der Waals surface area contributed by atoms with Gasteiger partial charge in [0.2, 0.25) is 0 Å². The first-order valence-electron chi connectivity index (χ1n) is 4.24. The van der Waals surface area contributed by atoms with Crippen molar-refractivity contribution in [2.45, 2.75) is 6.18 Å². The number of aromatic amines is 1. The second-order valence-electron chi connectivity index (χ2n) is 3.15. The fourth-order valence-corrected chi connectivity index (χ4v) is 1.45. The number of nitrogens with two attached hydrogens (primary N) is 1. The zero-order valence-corrected chi connectivity index (χ0v) is 7.80. The number of H-pyrrole nitrogens is 1. The standard InChI is InChI=1S/C9H6F3N3O/c10-9(11,12)5-3-15-6-4(8(13)16)1-2-14-7(5)6/h1-3,15H,(H2,13,16). The minimum absolute atomic E-state index is 0.00215. The number of halogens is 3. The van der Waals surface area contributed by atoms with Crippen LogP contribution in [0.2, 0.25) is 0 Å². The average Bonchev–Trinajstić information content (AvgIpc) is 2.59. The summed E-state index contributed by atoms with van der Waals surface area (Å²) in [6, 6.07) is 1.27. The minimum atomic E-state index is -4.51. The molecule has 3 N–H and O–H groups in total. The zero-order valence-electron chi connectivity index (χ0n) is 7.80. The molecule has 0 atom stereocenters. The van der Waals surface area contributed by atoms with Gasteiger partial charge in [-0.15, -0.1) is 0 Å². The van der Waals surface area contributed by atoms with E-state index in [-0.39, 0.29) is 16.6 Å². The lowest BCUT2D eigenvalue weighted by Gasteiger charge is -2.03. The molecule has 0 bridgehead atoms. The highest BCUT2D eigenvalue weighted by Gasteiger charge is 2.34. The highest BCUT2D eigenvalue weighted by Crippen LogP contribution is 2.34. The summed E-state index contributed by atoms with van der Waals surface area (Å²) in [5, 5.41) is 0. The molecule has 0 aliphatic rings. The van der Waals surface area contributed by atoms with E-state index in [9.17, 15) is 18.0 Å². The topological polar surface area (TPSA) is 71.8 Å². The summed E-state index contributed by atoms with van der Waals surface area (Å²) in [6.45, 7) is 0. The van der Waals surface area contributed by atoms with E-state index in [4.69, 9.17) is 5.73 Å². The predicted molar refractivity (Wildman–Crippen MR) is 49.6 cm³/mol. The van der Waals surface area contributed by atoms with Crippen LogP contribution in [-0.4, -0.2) is 15.9 Å². The Morgan fingerprint density at radius 3 is 2.69 bits per heavy atom. The maximum Gasteiger partial charge on any atom is 0.419 e. The molecule has 84 valence electrons. The largest absolute Gasteiger partial charge is 0.419 e. The molecular formula is C9H6F3N3O. The second kappa shape index (κ2) is 3.22. The third-order valence-corrected chi connectivity index (χ3v) is 2.14. The average molecular weight is 229 g/mol. The van der Waals surface area contributed by atoms with Crippen molar-refractivity contribution in [3.63, 3.8) is 0 Å². The van der Waals surface area contributed by atoms with Gasteiger partial charge in [-0.2, -0.15) is 13.2 Å². The Morgan fingerprint density at radius 2 is 2.12 bits per heavy atom. The predicted octanol–water partition coefficient (Wildman–Crippen LogP) is 1.68. The lowest BCUT2D eigenvalue weighted by atomic mass is 10.2. The summed E-state index contributed by atoms with van der Waals surface area (Å²) in [7, 11) is 0. The van der Waals surface area contributed by atoms with E-state index in [1.165, 1.54) is 6.07 Å². The quantitative estimate of drug-likeness (QED) is 0.780. The molecule has 0 spiro atoms. The van der Waals surface area contributed by atoms with Gasteiger partial charge in [-0.05, 0) is 6.07 Å². The van der Waals surface area contributed by atoms with Gasteiger partial charge in [0, 0.05) is 12.4 Å². The minimum Gasteiger partial charge on any atom is -0.366 e. The van der Waals surface area contributed by atoms with E-state index in [0.29, 0.717) is 0 Å². The van der Waals surface area contributed by atoms with Crippen LogP contribution in [0.3, 0.4) is 0 Å². The summed E-state index contributed by atoms with van der Waals surface area (Å²) < 4.78 is 37.5. The number of amides is 1. The van der Waals surface area contributed by atoms with E-state index >= 15 is 0 Å². The van der Waals surface area contributed by atoms with Gasteiger partial charge in [0.25, 0.3) is 5.91 Å². The Balaban J connectivity index is 2.76. The molecule has 0 unspecified atom stereocenters. The molecule has 2 aromatic heterocycles. The first kappa shape index (κ1) is 10.5. The molecule has 1 amide bonds. The van der Waals surface area contributed by atoms with Gasteiger partial charge < -0.3 is 10.7 Å². The Bertz CT molecular complexity index is 559. The molecule has 16 heavy (non-hydrogen) atoms. The van der Waals surface area contributed by atoms with Gasteiger partial charge in [0.1, 0.15) is 5.52 Å². The van der Waals surface area contributed by atoms with Crippen molar-refractivity contribution in [1.29, 1.82) is 0 Å². The number of hydrogen-bond acceptors (Lipinski definition) is 2. The Hall–Kier alpha value is -2.05. The van der Waals surface area contributed by atoms with Crippen LogP contribution in [0.1, 0.15) is 15.9 Å². The van der Waals surface area contributed by atoms with Gasteiger partial charge in [-0.25, -0.2) is 0 Å². The summed E-state index contributed by atoms with van der Waals surface area (Å²) in [4.78, 5) is 16.9. The first-order chi connectivity index (χ1) is 7.41. The monoisotopic (exact) mass is 229 g/mol. The van der Waals surface area contributed by atoms with Crippen LogP contribution in [0.5, 0.6) is 0 Å². The van der Waals surface area contributed by atoms with Crippen LogP contribution in [-0.2, 0) is 6.18 Å². The van der Waals surface area contributed by atoms with Crippen LogP contribution >= 0.6 is 0 Å². The van der Waals surface area contributed by atoms with Crippen LogP contribution in [0.25, 0.3) is 11.0 Å². The fourth-order valence-electron chi connectivity index (χ4n) is 1.45. The van der Waals surface area contributed by atoms with E-state index in [1.807, 2.05) is 0 Å². The van der Waals surface area contributed by atoms with Gasteiger partial charge >= 0.3 is 6.18 Å². The highest BCUT2D eigenvalue weighted by molar-refractivity contribution is 6.04. The number of fused-ring (bicyclic) bond motifs is 1. The van der Waals surface area contributed by atoms with Crippen LogP contribution in [0.4, 0.5) is 13.2 Å². The van der Waals surface area contributed by atoms with Crippen molar-refractivity contribution in [2.24, 2.45) is 5.73 Å². The molecule has 7 heteroatoms. The lowest BCUT2D eigenvalue weighted by Crippen LogP contribution is -2.12. The number of alkyl halides is 3. The molecule has 0 radical (unpaired) electrons. The molecular weight excluding hydrogens is 223 g/mol. The normalized spacial score (nSPS) is 11.9. The Labute approximate surface area is 87.3 Å². The summed E-state index contributed by atoms with van der Waals surface area (Å²) in [5.74, 6) is -0.803. The van der Waals surface area contributed by atoms with E-state index in [1.54, 1.807) is 0 Å². The SMILES string of the molecule is NC(=O)c1ccnc2c(C(F)(F)F)c[nH]c12. The number of carbonyl (C=O) groups excluding carboxylic acids is 1. The molecule has 0 saturated carbocycles. The Morgan fingerprint density at radius 1 is 1.44 bits per heavy atom. The summed E-state index contributed by atoms with van der Waals surface area (Å²) in [6.07, 6.45) is -2.63. The van der Waals surface area contributed by atoms with Crippen LogP contribution in [0.15, 0.2) is 18.5 Å². The zero-order chi connectivity index (χ0) is 11.9. The van der Waals surface area contributed by atoms with Crippen LogP contribution in [0, 0.1) is 0 Å². The Kier molecular flexibility index (Phi) is 2.11. The summed E-state index contributed by atoms with van der Waals surface area (Å²) >= 11 is 0. The molecule has 0 aromatic carbocycles. The van der Waals surface area contributed by atoms with E-state index in [0.717, 1.165) is 12.4 Å². The van der Waals surface area contributed by atoms with Crippen molar-refractivity contribution >= 4 is 16.9 Å². The lowest BCUT2D eigenvalue weighted by molar-refractivity contribution is -0.136. The van der Waals surface area contributed by atoms with Crippen molar-refractivity contribution < 1.29 is 18.0 Å². The maximum absolute atomic E-state index is 12.5. The van der Waals surface area contributed by atoms with Gasteiger partial charge in [0.15, 0.2) is 0 Å². The van der Waals surface area contributed by atoms with Gasteiger partial charge in [-0.3, -0.25) is 9.78 Å². The fraction of sp³-hybridized carbons (Fsp3) is 0.111. The molecule has 2 aromatic rings. The molecule has 2 heterocycles. The van der Waals surface area contributed by atoms with Crippen molar-refractivity contribution in [3.05, 3.63) is 29.6 Å². The van der Waals surface area contributed by atoms with Crippen molar-refractivity contribution in [1.82, 2.24) is 9.97 Å². The number of pyridine rings is 1. The number of hydrogen-bond donors (Lipinski definition) is 2. The third-order valence-electron chi connectivity index (χ3n) is 2.14. The van der Waals surface area contributed by atoms with Crippen LogP contribution < -0.4 is 5.73 Å². The number of rotatable bonds is 1. The smallest absolute Gasteiger partial charge is 0.366 e. The number of carbonyl (C=O) groups is 1. The van der Waals surface area contributed by atoms with Crippen molar-refractivity contribution in [3.8, 4) is 0 Å². The number of nitrogens with one attached hydrogen (secondary N) is 1. The van der Waals surface area contributed by atoms with E-state index < -0.39 is 17.6 Å². The third kappa shape index (κ3) is 1.50. The molecule has 2 rings (SSSR count). The number of nitrogens with zero attached hydrogens (tertiary/aromatic N) is 1. The molecule has 4 nitrogen and oxygen atoms in total. The molecule has 0 aliphatic heterocycles. The summed E-state index contributed by atoms with van der Waals surface area (Å²) in [5.41, 5.74) is 3.81. The first-order valence-corrected chi connectivity index (χ1v) is 4.24. The van der Waals surface area contributed by atoms with Gasteiger partial charge in [-0.1, -0.05) is 0 Å². The van der Waals surface area contributed by atoms with Gasteiger partial charge in [0.05, 0.1) is 16.6 Å². The van der Waals surface area contributed by atoms with E-state index in [2.05, 4.69) is 9.97 Å². The highest BCUT2D eigenvalue weighted by atomic mass is 19.4. The molecule has 0 saturated heterocycles. The van der Waals surface area contributed by atoms with Crippen molar-refractivity contribution in [2.75, 3.05) is 0 Å². The number of aromatic nitrogens is 2. The number of primary amides is 1. The molecule has 0 aliphatic carbocycles. The second-order valence-corrected chi connectivity index (χ2v) is 3.15. The maximum atomic E-state index is 12.5. The molecule has 0 fully saturated rings.